The summed E-state index contributed by atoms with van der Waals surface area (Å²) in [6, 6.07) is 5.57. The van der Waals surface area contributed by atoms with E-state index < -0.39 is 11.5 Å². The third-order valence-electron chi connectivity index (χ3n) is 4.47. The molecule has 1 aromatic rings. The lowest BCUT2D eigenvalue weighted by molar-refractivity contribution is 0.0444. The van der Waals surface area contributed by atoms with Crippen LogP contribution in [0.25, 0.3) is 0 Å². The van der Waals surface area contributed by atoms with E-state index >= 15 is 0 Å². The number of allylic oxidation sites excluding steroid dienone is 2. The van der Waals surface area contributed by atoms with Crippen LogP contribution >= 0.6 is 0 Å². The van der Waals surface area contributed by atoms with Crippen LogP contribution in [0.1, 0.15) is 18.9 Å². The van der Waals surface area contributed by atoms with Crippen molar-refractivity contribution in [1.82, 2.24) is 0 Å². The maximum atomic E-state index is 10.6. The van der Waals surface area contributed by atoms with Crippen LogP contribution in [0.2, 0.25) is 0 Å². The van der Waals surface area contributed by atoms with Gasteiger partial charge in [-0.25, -0.2) is 0 Å². The molecule has 116 valence electrons. The van der Waals surface area contributed by atoms with Gasteiger partial charge in [0.2, 0.25) is 0 Å². The van der Waals surface area contributed by atoms with E-state index in [1.165, 1.54) is 0 Å². The van der Waals surface area contributed by atoms with Gasteiger partial charge in [-0.3, -0.25) is 0 Å². The summed E-state index contributed by atoms with van der Waals surface area (Å²) in [5, 5.41) is 20.2. The second kappa shape index (κ2) is 6.50. The van der Waals surface area contributed by atoms with Crippen LogP contribution in [-0.4, -0.2) is 37.1 Å². The van der Waals surface area contributed by atoms with Crippen molar-refractivity contribution in [1.29, 1.82) is 0 Å². The van der Waals surface area contributed by atoms with Gasteiger partial charge in [0.15, 0.2) is 0 Å². The van der Waals surface area contributed by atoms with Crippen molar-refractivity contribution in [3.8, 4) is 11.5 Å². The highest BCUT2D eigenvalue weighted by molar-refractivity contribution is 5.41. The van der Waals surface area contributed by atoms with E-state index in [4.69, 9.17) is 9.47 Å². The van der Waals surface area contributed by atoms with E-state index in [9.17, 15) is 10.2 Å². The van der Waals surface area contributed by atoms with Gasteiger partial charge in [0.05, 0.1) is 26.9 Å². The fourth-order valence-electron chi connectivity index (χ4n) is 2.94. The van der Waals surface area contributed by atoms with Crippen molar-refractivity contribution in [2.24, 2.45) is 11.3 Å². The lowest BCUT2D eigenvalue weighted by Gasteiger charge is -2.22. The molecule has 21 heavy (non-hydrogen) atoms. The molecule has 1 aliphatic rings. The predicted octanol–water partition coefficient (Wildman–Crippen LogP) is 2.18. The number of aliphatic hydroxyl groups is 2. The molecule has 0 aliphatic heterocycles. The molecule has 1 aliphatic carbocycles. The monoisotopic (exact) mass is 292 g/mol. The number of rotatable bonds is 7. The number of hydrogen-bond donors (Lipinski definition) is 2. The van der Waals surface area contributed by atoms with Crippen LogP contribution in [0.3, 0.4) is 0 Å². The number of ether oxygens (including phenoxy) is 2. The fraction of sp³-hybridized carbons (Fsp3) is 0.529. The van der Waals surface area contributed by atoms with Gasteiger partial charge >= 0.3 is 0 Å². The van der Waals surface area contributed by atoms with Gasteiger partial charge in [-0.05, 0) is 30.9 Å². The third kappa shape index (κ3) is 3.06. The van der Waals surface area contributed by atoms with Crippen LogP contribution in [-0.2, 0) is 6.42 Å². The number of methoxy groups -OCH3 is 2. The fourth-order valence-corrected chi connectivity index (χ4v) is 2.94. The molecule has 0 radical (unpaired) electrons. The quantitative estimate of drug-likeness (QED) is 0.756. The van der Waals surface area contributed by atoms with Crippen molar-refractivity contribution >= 4 is 0 Å². The molecule has 0 saturated heterocycles. The summed E-state index contributed by atoms with van der Waals surface area (Å²) in [6.45, 7) is 1.96. The van der Waals surface area contributed by atoms with Gasteiger partial charge in [0, 0.05) is 17.9 Å². The third-order valence-corrected chi connectivity index (χ3v) is 4.47. The average Bonchev–Trinajstić information content (AvgIpc) is 3.22. The van der Waals surface area contributed by atoms with Gasteiger partial charge in [0.25, 0.3) is 0 Å². The number of benzene rings is 1. The SMILES string of the molecule is C/C=C\[C@H]1C[C@@]1(CO)C(O)Cc1ccc(OC)cc1OC. The van der Waals surface area contributed by atoms with E-state index in [2.05, 4.69) is 6.08 Å². The van der Waals surface area contributed by atoms with Crippen molar-refractivity contribution < 1.29 is 19.7 Å². The molecule has 1 unspecified atom stereocenters. The lowest BCUT2D eigenvalue weighted by Crippen LogP contribution is -2.29. The first-order valence-electron chi connectivity index (χ1n) is 7.24. The van der Waals surface area contributed by atoms with Gasteiger partial charge in [-0.1, -0.05) is 18.2 Å². The predicted molar refractivity (Wildman–Crippen MR) is 81.7 cm³/mol. The number of hydrogen-bond acceptors (Lipinski definition) is 4. The van der Waals surface area contributed by atoms with Gasteiger partial charge < -0.3 is 19.7 Å². The highest BCUT2D eigenvalue weighted by atomic mass is 16.5. The Morgan fingerprint density at radius 2 is 2.14 bits per heavy atom. The second-order valence-corrected chi connectivity index (χ2v) is 5.63. The molecule has 0 bridgehead atoms. The first-order valence-corrected chi connectivity index (χ1v) is 7.24. The number of aliphatic hydroxyl groups excluding tert-OH is 2. The van der Waals surface area contributed by atoms with E-state index in [1.807, 2.05) is 31.2 Å². The van der Waals surface area contributed by atoms with E-state index in [-0.39, 0.29) is 12.5 Å². The van der Waals surface area contributed by atoms with Crippen molar-refractivity contribution in [2.75, 3.05) is 20.8 Å². The Kier molecular flexibility index (Phi) is 4.91. The van der Waals surface area contributed by atoms with Gasteiger partial charge in [0.1, 0.15) is 11.5 Å². The minimum atomic E-state index is -0.592. The topological polar surface area (TPSA) is 58.9 Å². The normalized spacial score (nSPS) is 25.9. The van der Waals surface area contributed by atoms with Crippen molar-refractivity contribution in [3.05, 3.63) is 35.9 Å². The minimum absolute atomic E-state index is 0.00163. The molecule has 1 aromatic carbocycles. The van der Waals surface area contributed by atoms with E-state index in [0.717, 1.165) is 17.7 Å². The molecular formula is C17H24O4. The van der Waals surface area contributed by atoms with E-state index in [0.29, 0.717) is 12.2 Å². The highest BCUT2D eigenvalue weighted by Gasteiger charge is 2.56. The molecule has 0 spiro atoms. The zero-order chi connectivity index (χ0) is 15.5. The Morgan fingerprint density at radius 3 is 2.71 bits per heavy atom. The summed E-state index contributed by atoms with van der Waals surface area (Å²) in [5.74, 6) is 1.68. The molecule has 1 fully saturated rings. The van der Waals surface area contributed by atoms with Crippen LogP contribution in [0.4, 0.5) is 0 Å². The summed E-state index contributed by atoms with van der Waals surface area (Å²) in [5.41, 5.74) is 0.516. The zero-order valence-electron chi connectivity index (χ0n) is 12.9. The molecule has 1 saturated carbocycles. The Bertz CT molecular complexity index is 512. The first kappa shape index (κ1) is 15.9. The van der Waals surface area contributed by atoms with Crippen molar-refractivity contribution in [2.45, 2.75) is 25.9 Å². The Balaban J connectivity index is 2.14. The summed E-state index contributed by atoms with van der Waals surface area (Å²) in [7, 11) is 3.21. The molecule has 2 rings (SSSR count). The van der Waals surface area contributed by atoms with Crippen LogP contribution in [0.15, 0.2) is 30.4 Å². The van der Waals surface area contributed by atoms with Crippen LogP contribution < -0.4 is 9.47 Å². The average molecular weight is 292 g/mol. The maximum absolute atomic E-state index is 10.6. The summed E-state index contributed by atoms with van der Waals surface area (Å²) in [4.78, 5) is 0. The Morgan fingerprint density at radius 1 is 1.38 bits per heavy atom. The maximum Gasteiger partial charge on any atom is 0.125 e. The standard InChI is InChI=1S/C17H24O4/c1-4-5-13-10-17(13,11-18)16(19)8-12-6-7-14(20-2)9-15(12)21-3/h4-7,9,13,16,18-19H,8,10-11H2,1-3H3/b5-4-/t13-,16?,17-/m0/s1. The molecular weight excluding hydrogens is 268 g/mol. The van der Waals surface area contributed by atoms with Gasteiger partial charge in [-0.15, -0.1) is 0 Å². The Labute approximate surface area is 126 Å². The van der Waals surface area contributed by atoms with Crippen molar-refractivity contribution in [3.63, 3.8) is 0 Å². The molecule has 4 nitrogen and oxygen atoms in total. The second-order valence-electron chi connectivity index (χ2n) is 5.63. The minimum Gasteiger partial charge on any atom is -0.497 e. The summed E-state index contributed by atoms with van der Waals surface area (Å²) in [6.07, 6.45) is 4.73. The summed E-state index contributed by atoms with van der Waals surface area (Å²) < 4.78 is 10.5. The largest absolute Gasteiger partial charge is 0.497 e. The first-order chi connectivity index (χ1) is 10.1. The van der Waals surface area contributed by atoms with Gasteiger partial charge in [-0.2, -0.15) is 0 Å². The zero-order valence-corrected chi connectivity index (χ0v) is 12.9. The van der Waals surface area contributed by atoms with E-state index in [1.54, 1.807) is 14.2 Å². The smallest absolute Gasteiger partial charge is 0.125 e. The highest BCUT2D eigenvalue weighted by Crippen LogP contribution is 2.56. The Hall–Kier alpha value is -1.52. The van der Waals surface area contributed by atoms with Crippen LogP contribution in [0.5, 0.6) is 11.5 Å². The molecule has 0 heterocycles. The molecule has 4 heteroatoms. The lowest BCUT2D eigenvalue weighted by atomic mass is 9.91. The molecule has 2 N–H and O–H groups in total. The summed E-state index contributed by atoms with van der Waals surface area (Å²) >= 11 is 0. The molecule has 3 atom stereocenters. The molecule has 0 aromatic heterocycles. The van der Waals surface area contributed by atoms with Crippen LogP contribution in [0, 0.1) is 11.3 Å². The molecule has 0 amide bonds.